The zero-order valence-corrected chi connectivity index (χ0v) is 17.7. The maximum Gasteiger partial charge on any atom is 0.224 e. The molecule has 0 aliphatic carbocycles. The van der Waals surface area contributed by atoms with E-state index in [1.165, 1.54) is 0 Å². The highest BCUT2D eigenvalue weighted by molar-refractivity contribution is 5.85. The lowest BCUT2D eigenvalue weighted by Crippen LogP contribution is -2.33. The van der Waals surface area contributed by atoms with Crippen LogP contribution in [0.25, 0.3) is 0 Å². The number of aliphatic imine (C=N–C) groups is 2. The van der Waals surface area contributed by atoms with Crippen molar-refractivity contribution in [2.24, 2.45) is 17.0 Å². The lowest BCUT2D eigenvalue weighted by Gasteiger charge is -2.11. The lowest BCUT2D eigenvalue weighted by molar-refractivity contribution is -0.672. The van der Waals surface area contributed by atoms with Gasteiger partial charge in [-0.2, -0.15) is 0 Å². The molecule has 0 N–H and O–H groups in total. The molecule has 0 saturated heterocycles. The molecule has 0 aliphatic rings. The minimum absolute atomic E-state index is 0.927. The van der Waals surface area contributed by atoms with E-state index in [2.05, 4.69) is 50.1 Å². The van der Waals surface area contributed by atoms with Crippen LogP contribution in [0.2, 0.25) is 0 Å². The number of aryl methyl sites for hydroxylation is 1. The quantitative estimate of drug-likeness (QED) is 0.471. The summed E-state index contributed by atoms with van der Waals surface area (Å²) < 4.78 is 2.04. The SMILES string of the molecule is CN(C)c1ccc(N=Cc2cc[n+](C)c(C=Nc3ccc(N(C)C)cc3)c2)cc1. The summed E-state index contributed by atoms with van der Waals surface area (Å²) in [6.07, 6.45) is 5.79. The molecular weight excluding hydrogens is 358 g/mol. The van der Waals surface area contributed by atoms with Gasteiger partial charge in [-0.05, 0) is 48.5 Å². The predicted molar refractivity (Wildman–Crippen MR) is 124 cm³/mol. The Bertz CT molecular complexity index is 1000. The molecule has 0 atom stereocenters. The van der Waals surface area contributed by atoms with Gasteiger partial charge in [-0.1, -0.05) is 0 Å². The molecule has 0 aliphatic heterocycles. The molecule has 148 valence electrons. The van der Waals surface area contributed by atoms with Crippen LogP contribution < -0.4 is 14.4 Å². The Morgan fingerprint density at radius 3 is 1.66 bits per heavy atom. The number of hydrogen-bond acceptors (Lipinski definition) is 4. The highest BCUT2D eigenvalue weighted by Gasteiger charge is 2.05. The summed E-state index contributed by atoms with van der Waals surface area (Å²) in [7, 11) is 10.1. The van der Waals surface area contributed by atoms with Crippen molar-refractivity contribution in [1.29, 1.82) is 0 Å². The Morgan fingerprint density at radius 2 is 1.17 bits per heavy atom. The number of benzene rings is 2. The molecule has 0 bridgehead atoms. The normalized spacial score (nSPS) is 11.3. The minimum Gasteiger partial charge on any atom is -0.378 e. The fraction of sp³-hybridized carbons (Fsp3) is 0.208. The van der Waals surface area contributed by atoms with E-state index in [0.717, 1.165) is 34.0 Å². The largest absolute Gasteiger partial charge is 0.378 e. The molecular formula is C24H28N5+. The van der Waals surface area contributed by atoms with E-state index in [0.29, 0.717) is 0 Å². The molecule has 0 unspecified atom stereocenters. The van der Waals surface area contributed by atoms with Gasteiger partial charge in [-0.15, -0.1) is 0 Å². The second-order valence-electron chi connectivity index (χ2n) is 7.33. The first-order chi connectivity index (χ1) is 13.9. The maximum absolute atomic E-state index is 4.61. The molecule has 1 heterocycles. The molecule has 5 heteroatoms. The van der Waals surface area contributed by atoms with E-state index in [1.54, 1.807) is 0 Å². The third-order valence-corrected chi connectivity index (χ3v) is 4.65. The number of aromatic nitrogens is 1. The van der Waals surface area contributed by atoms with Crippen molar-refractivity contribution in [2.45, 2.75) is 0 Å². The summed E-state index contributed by atoms with van der Waals surface area (Å²) in [5.41, 5.74) is 6.22. The average molecular weight is 387 g/mol. The molecule has 0 radical (unpaired) electrons. The third kappa shape index (κ3) is 5.51. The van der Waals surface area contributed by atoms with Gasteiger partial charge >= 0.3 is 0 Å². The first kappa shape index (κ1) is 20.3. The number of anilines is 2. The Labute approximate surface area is 173 Å². The summed E-state index contributed by atoms with van der Waals surface area (Å²) >= 11 is 0. The third-order valence-electron chi connectivity index (χ3n) is 4.65. The number of pyridine rings is 1. The molecule has 1 aromatic heterocycles. The van der Waals surface area contributed by atoms with Crippen molar-refractivity contribution in [3.05, 3.63) is 78.1 Å². The highest BCUT2D eigenvalue weighted by Crippen LogP contribution is 2.19. The zero-order chi connectivity index (χ0) is 20.8. The zero-order valence-electron chi connectivity index (χ0n) is 17.7. The first-order valence-corrected chi connectivity index (χ1v) is 9.55. The minimum atomic E-state index is 0.927. The van der Waals surface area contributed by atoms with Crippen LogP contribution in [0, 0.1) is 0 Å². The van der Waals surface area contributed by atoms with Crippen LogP contribution in [0.5, 0.6) is 0 Å². The molecule has 3 aromatic rings. The van der Waals surface area contributed by atoms with Crippen LogP contribution in [0.15, 0.2) is 76.8 Å². The standard InChI is InChI=1S/C24H28N5/c1-27(2)22-10-6-20(7-11-22)25-17-19-14-15-29(5)24(16-19)18-26-21-8-12-23(13-9-21)28(3)4/h6-18H,1-5H3/q+1. The monoisotopic (exact) mass is 386 g/mol. The first-order valence-electron chi connectivity index (χ1n) is 9.55. The highest BCUT2D eigenvalue weighted by atomic mass is 15.1. The lowest BCUT2D eigenvalue weighted by atomic mass is 10.2. The number of nitrogens with zero attached hydrogens (tertiary/aromatic N) is 5. The van der Waals surface area contributed by atoms with Gasteiger partial charge in [0.2, 0.25) is 5.69 Å². The molecule has 2 aromatic carbocycles. The molecule has 3 rings (SSSR count). The van der Waals surface area contributed by atoms with Crippen LogP contribution in [0.3, 0.4) is 0 Å². The Hall–Kier alpha value is -3.47. The summed E-state index contributed by atoms with van der Waals surface area (Å²) in [6, 6.07) is 20.5. The topological polar surface area (TPSA) is 35.1 Å². The molecule has 0 fully saturated rings. The summed E-state index contributed by atoms with van der Waals surface area (Å²) in [4.78, 5) is 13.3. The molecule has 0 amide bonds. The fourth-order valence-electron chi connectivity index (χ4n) is 2.78. The van der Waals surface area contributed by atoms with Crippen LogP contribution in [-0.4, -0.2) is 40.6 Å². The Balaban J connectivity index is 1.75. The van der Waals surface area contributed by atoms with Gasteiger partial charge < -0.3 is 9.80 Å². The van der Waals surface area contributed by atoms with Crippen LogP contribution in [-0.2, 0) is 7.05 Å². The van der Waals surface area contributed by atoms with Gasteiger partial charge in [-0.3, -0.25) is 4.99 Å². The van der Waals surface area contributed by atoms with Gasteiger partial charge in [0.25, 0.3) is 0 Å². The number of hydrogen-bond donors (Lipinski definition) is 0. The van der Waals surface area contributed by atoms with E-state index >= 15 is 0 Å². The van der Waals surface area contributed by atoms with Gasteiger partial charge in [0.15, 0.2) is 6.20 Å². The molecule has 5 nitrogen and oxygen atoms in total. The molecule has 0 saturated carbocycles. The summed E-state index contributed by atoms with van der Waals surface area (Å²) in [5.74, 6) is 0. The van der Waals surface area contributed by atoms with Crippen molar-refractivity contribution in [1.82, 2.24) is 0 Å². The Kier molecular flexibility index (Phi) is 6.39. The van der Waals surface area contributed by atoms with E-state index in [9.17, 15) is 0 Å². The van der Waals surface area contributed by atoms with Crippen molar-refractivity contribution in [3.63, 3.8) is 0 Å². The second-order valence-corrected chi connectivity index (χ2v) is 7.33. The van der Waals surface area contributed by atoms with Gasteiger partial charge in [0.1, 0.15) is 7.05 Å². The van der Waals surface area contributed by atoms with Crippen LogP contribution in [0.4, 0.5) is 22.7 Å². The summed E-state index contributed by atoms with van der Waals surface area (Å²) in [6.45, 7) is 0. The van der Waals surface area contributed by atoms with Crippen molar-refractivity contribution < 1.29 is 4.57 Å². The number of rotatable bonds is 6. The Morgan fingerprint density at radius 1 is 0.690 bits per heavy atom. The van der Waals surface area contributed by atoms with Crippen LogP contribution in [0.1, 0.15) is 11.3 Å². The van der Waals surface area contributed by atoms with E-state index in [1.807, 2.05) is 88.8 Å². The van der Waals surface area contributed by atoms with Crippen LogP contribution >= 0.6 is 0 Å². The van der Waals surface area contributed by atoms with Gasteiger partial charge in [-0.25, -0.2) is 9.56 Å². The van der Waals surface area contributed by atoms with E-state index in [4.69, 9.17) is 0 Å². The fourth-order valence-corrected chi connectivity index (χ4v) is 2.78. The summed E-state index contributed by atoms with van der Waals surface area (Å²) in [5, 5.41) is 0. The van der Waals surface area contributed by atoms with Gasteiger partial charge in [0.05, 0.1) is 17.6 Å². The predicted octanol–water partition coefficient (Wildman–Crippen LogP) is 4.14. The molecule has 0 spiro atoms. The van der Waals surface area contributed by atoms with E-state index in [-0.39, 0.29) is 0 Å². The van der Waals surface area contributed by atoms with Crippen molar-refractivity contribution in [3.8, 4) is 0 Å². The second kappa shape index (κ2) is 9.15. The van der Waals surface area contributed by atoms with Crippen molar-refractivity contribution in [2.75, 3.05) is 38.0 Å². The van der Waals surface area contributed by atoms with Gasteiger partial charge in [0, 0.05) is 63.5 Å². The molecule has 29 heavy (non-hydrogen) atoms. The average Bonchev–Trinajstić information content (AvgIpc) is 2.72. The van der Waals surface area contributed by atoms with Crippen molar-refractivity contribution >= 4 is 35.2 Å². The van der Waals surface area contributed by atoms with E-state index < -0.39 is 0 Å². The maximum atomic E-state index is 4.61. The smallest absolute Gasteiger partial charge is 0.224 e.